The second kappa shape index (κ2) is 13.7. The number of piperazine rings is 2. The molecule has 45 heavy (non-hydrogen) atoms. The summed E-state index contributed by atoms with van der Waals surface area (Å²) in [6, 6.07) is 23.4. The van der Waals surface area contributed by atoms with Crippen molar-refractivity contribution >= 4 is 5.91 Å². The quantitative estimate of drug-likeness (QED) is 0.260. The van der Waals surface area contributed by atoms with Crippen LogP contribution in [0.15, 0.2) is 77.4 Å². The van der Waals surface area contributed by atoms with Crippen LogP contribution in [0.4, 0.5) is 0 Å². The number of nitrogens with zero attached hydrogens (tertiary/aromatic N) is 6. The standard InChI is InChI=1S/C34H40N6O5/c1-23(2)44-32-27(31(42-3)36-34(37-32)43-4)21-38-19-26-20-39(33(41)29-15-16-35-45-29)17-18-40(26)28(22-38)30(24-11-7-5-8-12-24)25-13-9-6-10-14-25/h5-16,23,26,28,30H,17-22H2,1-4H3/t26-,28+/m1/s1. The van der Waals surface area contributed by atoms with Crippen LogP contribution >= 0.6 is 0 Å². The first-order chi connectivity index (χ1) is 21.9. The molecule has 0 aliphatic carbocycles. The highest BCUT2D eigenvalue weighted by atomic mass is 16.5. The van der Waals surface area contributed by atoms with Gasteiger partial charge in [-0.05, 0) is 25.0 Å². The first-order valence-electron chi connectivity index (χ1n) is 15.4. The van der Waals surface area contributed by atoms with Gasteiger partial charge in [-0.15, -0.1) is 0 Å². The van der Waals surface area contributed by atoms with Crippen LogP contribution in [0, 0.1) is 0 Å². The van der Waals surface area contributed by atoms with Crippen LogP contribution in [-0.2, 0) is 6.54 Å². The van der Waals surface area contributed by atoms with Gasteiger partial charge in [0.15, 0.2) is 0 Å². The number of fused-ring (bicyclic) bond motifs is 1. The number of hydrogen-bond donors (Lipinski definition) is 0. The van der Waals surface area contributed by atoms with E-state index >= 15 is 0 Å². The number of amides is 1. The molecule has 0 saturated carbocycles. The molecular weight excluding hydrogens is 572 g/mol. The van der Waals surface area contributed by atoms with E-state index in [4.69, 9.17) is 18.7 Å². The van der Waals surface area contributed by atoms with Gasteiger partial charge in [0.1, 0.15) is 0 Å². The summed E-state index contributed by atoms with van der Waals surface area (Å²) in [7, 11) is 3.12. The Hall–Kier alpha value is -4.48. The second-order valence-corrected chi connectivity index (χ2v) is 11.7. The van der Waals surface area contributed by atoms with Gasteiger partial charge in [-0.25, -0.2) is 0 Å². The molecule has 2 aliphatic heterocycles. The number of aromatic nitrogens is 3. The highest BCUT2D eigenvalue weighted by Gasteiger charge is 2.44. The van der Waals surface area contributed by atoms with E-state index < -0.39 is 0 Å². The molecule has 11 heteroatoms. The van der Waals surface area contributed by atoms with E-state index in [0.717, 1.165) is 25.2 Å². The van der Waals surface area contributed by atoms with Crippen LogP contribution in [0.25, 0.3) is 0 Å². The van der Waals surface area contributed by atoms with Crippen LogP contribution in [0.1, 0.15) is 47.0 Å². The first kappa shape index (κ1) is 30.5. The average Bonchev–Trinajstić information content (AvgIpc) is 3.61. The molecule has 2 atom stereocenters. The largest absolute Gasteiger partial charge is 0.481 e. The number of carbonyl (C=O) groups is 1. The average molecular weight is 613 g/mol. The van der Waals surface area contributed by atoms with E-state index in [2.05, 4.69) is 85.6 Å². The maximum Gasteiger partial charge on any atom is 0.322 e. The highest BCUT2D eigenvalue weighted by Crippen LogP contribution is 2.37. The van der Waals surface area contributed by atoms with E-state index in [1.807, 2.05) is 18.7 Å². The fourth-order valence-electron chi connectivity index (χ4n) is 6.63. The van der Waals surface area contributed by atoms with Gasteiger partial charge < -0.3 is 23.6 Å². The summed E-state index contributed by atoms with van der Waals surface area (Å²) >= 11 is 0. The minimum atomic E-state index is -0.138. The van der Waals surface area contributed by atoms with E-state index in [9.17, 15) is 4.79 Å². The molecule has 4 aromatic rings. The molecule has 2 aliphatic rings. The monoisotopic (exact) mass is 612 g/mol. The molecule has 2 aromatic carbocycles. The molecule has 0 bridgehead atoms. The van der Waals surface area contributed by atoms with Gasteiger partial charge in [0.25, 0.3) is 5.91 Å². The predicted molar refractivity (Wildman–Crippen MR) is 168 cm³/mol. The first-order valence-corrected chi connectivity index (χ1v) is 15.4. The fraction of sp³-hybridized carbons (Fsp3) is 0.412. The Morgan fingerprint density at radius 3 is 2.18 bits per heavy atom. The lowest BCUT2D eigenvalue weighted by atomic mass is 9.81. The van der Waals surface area contributed by atoms with E-state index in [0.29, 0.717) is 31.4 Å². The van der Waals surface area contributed by atoms with Crippen molar-refractivity contribution < 1.29 is 23.5 Å². The van der Waals surface area contributed by atoms with Crippen LogP contribution in [0.2, 0.25) is 0 Å². The fourth-order valence-corrected chi connectivity index (χ4v) is 6.63. The molecular formula is C34H40N6O5. The minimum Gasteiger partial charge on any atom is -0.481 e. The minimum absolute atomic E-state index is 0.0684. The van der Waals surface area contributed by atoms with Crippen molar-refractivity contribution in [2.24, 2.45) is 0 Å². The lowest BCUT2D eigenvalue weighted by molar-refractivity contribution is -0.0300. The normalized spacial score (nSPS) is 19.0. The Kier molecular flexibility index (Phi) is 9.27. The molecule has 4 heterocycles. The molecule has 6 rings (SSSR count). The number of rotatable bonds is 10. The number of methoxy groups -OCH3 is 2. The molecule has 0 unspecified atom stereocenters. The van der Waals surface area contributed by atoms with Gasteiger partial charge in [0, 0.05) is 63.3 Å². The molecule has 0 spiro atoms. The Balaban J connectivity index is 1.38. The molecule has 236 valence electrons. The topological polar surface area (TPSA) is 106 Å². The van der Waals surface area contributed by atoms with Gasteiger partial charge in [0.2, 0.25) is 17.5 Å². The van der Waals surface area contributed by atoms with E-state index in [1.54, 1.807) is 13.2 Å². The van der Waals surface area contributed by atoms with Crippen molar-refractivity contribution in [2.75, 3.05) is 46.9 Å². The molecule has 2 saturated heterocycles. The predicted octanol–water partition coefficient (Wildman–Crippen LogP) is 4.11. The van der Waals surface area contributed by atoms with Crippen molar-refractivity contribution in [3.8, 4) is 17.8 Å². The third-order valence-electron chi connectivity index (χ3n) is 8.52. The van der Waals surface area contributed by atoms with Gasteiger partial charge in [-0.2, -0.15) is 9.97 Å². The highest BCUT2D eigenvalue weighted by molar-refractivity contribution is 5.91. The lowest BCUT2D eigenvalue weighted by Gasteiger charge is -2.53. The number of ether oxygens (including phenoxy) is 3. The van der Waals surface area contributed by atoms with Crippen LogP contribution < -0.4 is 14.2 Å². The second-order valence-electron chi connectivity index (χ2n) is 11.7. The van der Waals surface area contributed by atoms with Gasteiger partial charge in [0.05, 0.1) is 32.1 Å². The lowest BCUT2D eigenvalue weighted by Crippen LogP contribution is -2.67. The Bertz CT molecular complexity index is 1510. The van der Waals surface area contributed by atoms with E-state index in [-0.39, 0.29) is 41.8 Å². The third-order valence-corrected chi connectivity index (χ3v) is 8.52. The van der Waals surface area contributed by atoms with E-state index in [1.165, 1.54) is 24.4 Å². The van der Waals surface area contributed by atoms with Crippen molar-refractivity contribution in [1.29, 1.82) is 0 Å². The van der Waals surface area contributed by atoms with Gasteiger partial charge in [-0.3, -0.25) is 14.6 Å². The smallest absolute Gasteiger partial charge is 0.322 e. The maximum absolute atomic E-state index is 13.4. The third kappa shape index (κ3) is 6.64. The summed E-state index contributed by atoms with van der Waals surface area (Å²) in [5, 5.41) is 3.75. The number of hydrogen-bond acceptors (Lipinski definition) is 10. The van der Waals surface area contributed by atoms with Gasteiger partial charge >= 0.3 is 6.01 Å². The summed E-state index contributed by atoms with van der Waals surface area (Å²) in [5.41, 5.74) is 3.27. The summed E-state index contributed by atoms with van der Waals surface area (Å²) < 4.78 is 22.5. The SMILES string of the molecule is COc1nc(OC)c(CN2C[C@@H]3CN(C(=O)c4ccno4)CCN3[C@H](C(c3ccccc3)c3ccccc3)C2)c(OC(C)C)n1. The molecule has 1 amide bonds. The number of benzene rings is 2. The molecule has 0 N–H and O–H groups in total. The zero-order chi connectivity index (χ0) is 31.3. The molecule has 0 radical (unpaired) electrons. The van der Waals surface area contributed by atoms with Crippen LogP contribution in [-0.4, -0.2) is 101 Å². The zero-order valence-electron chi connectivity index (χ0n) is 26.2. The summed E-state index contributed by atoms with van der Waals surface area (Å²) in [6.07, 6.45) is 1.40. The number of carbonyl (C=O) groups excluding carboxylic acids is 1. The Morgan fingerprint density at radius 2 is 1.58 bits per heavy atom. The van der Waals surface area contributed by atoms with Crippen molar-refractivity contribution in [2.45, 2.75) is 44.5 Å². The van der Waals surface area contributed by atoms with Gasteiger partial charge in [-0.1, -0.05) is 65.8 Å². The maximum atomic E-state index is 13.4. The van der Waals surface area contributed by atoms with Crippen LogP contribution in [0.3, 0.4) is 0 Å². The van der Waals surface area contributed by atoms with Crippen molar-refractivity contribution in [3.05, 3.63) is 95.4 Å². The zero-order valence-corrected chi connectivity index (χ0v) is 26.2. The Labute approximate surface area is 263 Å². The Morgan fingerprint density at radius 1 is 0.889 bits per heavy atom. The molecule has 2 fully saturated rings. The van der Waals surface area contributed by atoms with Crippen molar-refractivity contribution in [3.63, 3.8) is 0 Å². The molecule has 11 nitrogen and oxygen atoms in total. The summed E-state index contributed by atoms with van der Waals surface area (Å²) in [5.74, 6) is 1.09. The van der Waals surface area contributed by atoms with Crippen molar-refractivity contribution in [1.82, 2.24) is 29.8 Å². The summed E-state index contributed by atoms with van der Waals surface area (Å²) in [4.78, 5) is 29.3. The summed E-state index contributed by atoms with van der Waals surface area (Å²) in [6.45, 7) is 7.85. The molecule has 2 aromatic heterocycles. The van der Waals surface area contributed by atoms with Crippen LogP contribution in [0.5, 0.6) is 17.8 Å².